The quantitative estimate of drug-likeness (QED) is 0.584. The monoisotopic (exact) mass is 323 g/mol. The molecule has 24 heavy (non-hydrogen) atoms. The summed E-state index contributed by atoms with van der Waals surface area (Å²) in [5.74, 6) is 1.34. The zero-order valence-corrected chi connectivity index (χ0v) is 14.5. The third kappa shape index (κ3) is 4.02. The van der Waals surface area contributed by atoms with Gasteiger partial charge in [-0.05, 0) is 61.8 Å². The first-order chi connectivity index (χ1) is 11.7. The number of pyridine rings is 1. The lowest BCUT2D eigenvalue weighted by Gasteiger charge is -2.24. The molecule has 0 spiro atoms. The number of aromatic nitrogens is 1. The number of esters is 1. The fourth-order valence-electron chi connectivity index (χ4n) is 3.22. The molecule has 0 amide bonds. The van der Waals surface area contributed by atoms with Gasteiger partial charge in [0.1, 0.15) is 5.75 Å². The Morgan fingerprint density at radius 3 is 2.29 bits per heavy atom. The molecule has 1 heterocycles. The average Bonchev–Trinajstić information content (AvgIpc) is 2.63. The molecule has 0 bridgehead atoms. The second kappa shape index (κ2) is 7.61. The molecule has 1 fully saturated rings. The van der Waals surface area contributed by atoms with Crippen molar-refractivity contribution in [2.75, 3.05) is 0 Å². The van der Waals surface area contributed by atoms with Gasteiger partial charge in [-0.3, -0.25) is 9.78 Å². The molecule has 3 rings (SSSR count). The minimum atomic E-state index is -0.0800. The number of hydrogen-bond donors (Lipinski definition) is 0. The Balaban J connectivity index is 1.62. The van der Waals surface area contributed by atoms with Crippen LogP contribution in [-0.4, -0.2) is 11.0 Å². The summed E-state index contributed by atoms with van der Waals surface area (Å²) in [5, 5.41) is 0. The molecule has 0 N–H and O–H groups in total. The molecule has 126 valence electrons. The third-order valence-corrected chi connectivity index (χ3v) is 4.94. The molecule has 1 aliphatic carbocycles. The summed E-state index contributed by atoms with van der Waals surface area (Å²) >= 11 is 0. The Kier molecular flexibility index (Phi) is 5.29. The SMILES string of the molecule is CCc1ccc(-c2ccc(OC(=O)C3CCC(C)CC3)cc2)cn1. The van der Waals surface area contributed by atoms with Crippen molar-refractivity contribution in [1.29, 1.82) is 0 Å². The van der Waals surface area contributed by atoms with Gasteiger partial charge in [-0.25, -0.2) is 0 Å². The summed E-state index contributed by atoms with van der Waals surface area (Å²) in [6, 6.07) is 11.8. The number of ether oxygens (including phenoxy) is 1. The summed E-state index contributed by atoms with van der Waals surface area (Å²) in [5.41, 5.74) is 3.24. The van der Waals surface area contributed by atoms with Gasteiger partial charge in [0.25, 0.3) is 0 Å². The normalized spacial score (nSPS) is 20.6. The summed E-state index contributed by atoms with van der Waals surface area (Å²) in [6.45, 7) is 4.35. The zero-order valence-electron chi connectivity index (χ0n) is 14.5. The first-order valence-corrected chi connectivity index (χ1v) is 8.92. The molecule has 1 aliphatic rings. The molecule has 0 aliphatic heterocycles. The van der Waals surface area contributed by atoms with Gasteiger partial charge in [-0.1, -0.05) is 32.0 Å². The molecule has 1 saturated carbocycles. The average molecular weight is 323 g/mol. The molecule has 1 aromatic heterocycles. The Morgan fingerprint density at radius 2 is 1.71 bits per heavy atom. The smallest absolute Gasteiger partial charge is 0.314 e. The molecule has 1 aromatic carbocycles. The topological polar surface area (TPSA) is 39.2 Å². The van der Waals surface area contributed by atoms with Crippen LogP contribution in [0.4, 0.5) is 0 Å². The fraction of sp³-hybridized carbons (Fsp3) is 0.429. The van der Waals surface area contributed by atoms with Crippen LogP contribution in [0.15, 0.2) is 42.6 Å². The summed E-state index contributed by atoms with van der Waals surface area (Å²) in [4.78, 5) is 16.7. The van der Waals surface area contributed by atoms with Gasteiger partial charge >= 0.3 is 5.97 Å². The third-order valence-electron chi connectivity index (χ3n) is 4.94. The largest absolute Gasteiger partial charge is 0.426 e. The second-order valence-electron chi connectivity index (χ2n) is 6.79. The molecular weight excluding hydrogens is 298 g/mol. The molecule has 0 atom stereocenters. The van der Waals surface area contributed by atoms with E-state index in [4.69, 9.17) is 4.74 Å². The minimum Gasteiger partial charge on any atom is -0.426 e. The maximum absolute atomic E-state index is 12.3. The van der Waals surface area contributed by atoms with Gasteiger partial charge in [0.2, 0.25) is 0 Å². The van der Waals surface area contributed by atoms with Crippen LogP contribution in [-0.2, 0) is 11.2 Å². The Morgan fingerprint density at radius 1 is 1.04 bits per heavy atom. The zero-order chi connectivity index (χ0) is 16.9. The van der Waals surface area contributed by atoms with Crippen LogP contribution < -0.4 is 4.74 Å². The number of rotatable bonds is 4. The van der Waals surface area contributed by atoms with Crippen molar-refractivity contribution in [1.82, 2.24) is 4.98 Å². The van der Waals surface area contributed by atoms with Crippen LogP contribution >= 0.6 is 0 Å². The highest BCUT2D eigenvalue weighted by atomic mass is 16.5. The lowest BCUT2D eigenvalue weighted by atomic mass is 9.83. The fourth-order valence-corrected chi connectivity index (χ4v) is 3.22. The summed E-state index contributed by atoms with van der Waals surface area (Å²) in [6.07, 6.45) is 6.98. The molecule has 0 radical (unpaired) electrons. The van der Waals surface area contributed by atoms with Crippen molar-refractivity contribution in [3.05, 3.63) is 48.3 Å². The first kappa shape index (κ1) is 16.7. The molecule has 0 unspecified atom stereocenters. The van der Waals surface area contributed by atoms with E-state index in [1.807, 2.05) is 36.5 Å². The van der Waals surface area contributed by atoms with Crippen LogP contribution in [0.1, 0.15) is 45.2 Å². The lowest BCUT2D eigenvalue weighted by Crippen LogP contribution is -2.24. The number of hydrogen-bond acceptors (Lipinski definition) is 3. The van der Waals surface area contributed by atoms with Crippen molar-refractivity contribution in [2.45, 2.75) is 46.0 Å². The van der Waals surface area contributed by atoms with Crippen LogP contribution in [0.3, 0.4) is 0 Å². The van der Waals surface area contributed by atoms with E-state index in [0.29, 0.717) is 5.75 Å². The van der Waals surface area contributed by atoms with E-state index in [2.05, 4.69) is 24.9 Å². The van der Waals surface area contributed by atoms with Crippen molar-refractivity contribution >= 4 is 5.97 Å². The number of benzene rings is 1. The van der Waals surface area contributed by atoms with Crippen molar-refractivity contribution in [2.24, 2.45) is 11.8 Å². The Labute approximate surface area is 144 Å². The van der Waals surface area contributed by atoms with Crippen molar-refractivity contribution in [3.8, 4) is 16.9 Å². The van der Waals surface area contributed by atoms with Gasteiger partial charge in [0, 0.05) is 17.5 Å². The molecule has 3 heteroatoms. The highest BCUT2D eigenvalue weighted by molar-refractivity contribution is 5.75. The van der Waals surface area contributed by atoms with Gasteiger partial charge in [0.15, 0.2) is 0 Å². The second-order valence-corrected chi connectivity index (χ2v) is 6.79. The van der Waals surface area contributed by atoms with Crippen LogP contribution in [0.25, 0.3) is 11.1 Å². The number of aryl methyl sites for hydroxylation is 1. The summed E-state index contributed by atoms with van der Waals surface area (Å²) < 4.78 is 5.56. The van der Waals surface area contributed by atoms with E-state index in [0.717, 1.165) is 54.8 Å². The van der Waals surface area contributed by atoms with Gasteiger partial charge < -0.3 is 4.74 Å². The number of nitrogens with zero attached hydrogens (tertiary/aromatic N) is 1. The number of carbonyl (C=O) groups excluding carboxylic acids is 1. The molecular formula is C21H25NO2. The number of carbonyl (C=O) groups is 1. The van der Waals surface area contributed by atoms with Crippen LogP contribution in [0.2, 0.25) is 0 Å². The highest BCUT2D eigenvalue weighted by Crippen LogP contribution is 2.30. The van der Waals surface area contributed by atoms with Crippen molar-refractivity contribution < 1.29 is 9.53 Å². The lowest BCUT2D eigenvalue weighted by molar-refractivity contribution is -0.140. The first-order valence-electron chi connectivity index (χ1n) is 8.92. The predicted octanol–water partition coefficient (Wildman–Crippen LogP) is 5.04. The van der Waals surface area contributed by atoms with Gasteiger partial charge in [-0.15, -0.1) is 0 Å². The van der Waals surface area contributed by atoms with E-state index >= 15 is 0 Å². The maximum Gasteiger partial charge on any atom is 0.314 e. The minimum absolute atomic E-state index is 0.0617. The van der Waals surface area contributed by atoms with E-state index < -0.39 is 0 Å². The molecule has 2 aromatic rings. The maximum atomic E-state index is 12.3. The molecule has 0 saturated heterocycles. The highest BCUT2D eigenvalue weighted by Gasteiger charge is 2.25. The van der Waals surface area contributed by atoms with Gasteiger partial charge in [-0.2, -0.15) is 0 Å². The Bertz CT molecular complexity index is 668. The van der Waals surface area contributed by atoms with E-state index in [-0.39, 0.29) is 11.9 Å². The Hall–Kier alpha value is -2.16. The van der Waals surface area contributed by atoms with Crippen molar-refractivity contribution in [3.63, 3.8) is 0 Å². The van der Waals surface area contributed by atoms with E-state index in [1.165, 1.54) is 0 Å². The standard InChI is InChI=1S/C21H25NO2/c1-3-19-11-8-18(14-22-19)16-9-12-20(13-10-16)24-21(23)17-6-4-15(2)5-7-17/h8-15,17H,3-7H2,1-2H3. The van der Waals surface area contributed by atoms with Gasteiger partial charge in [0.05, 0.1) is 5.92 Å². The summed E-state index contributed by atoms with van der Waals surface area (Å²) in [7, 11) is 0. The van der Waals surface area contributed by atoms with E-state index in [9.17, 15) is 4.79 Å². The predicted molar refractivity (Wildman–Crippen MR) is 95.8 cm³/mol. The van der Waals surface area contributed by atoms with Crippen LogP contribution in [0, 0.1) is 11.8 Å². The van der Waals surface area contributed by atoms with Crippen LogP contribution in [0.5, 0.6) is 5.75 Å². The molecule has 3 nitrogen and oxygen atoms in total. The van der Waals surface area contributed by atoms with E-state index in [1.54, 1.807) is 0 Å².